The van der Waals surface area contributed by atoms with Crippen LogP contribution in [-0.2, 0) is 0 Å². The number of halogens is 2. The summed E-state index contributed by atoms with van der Waals surface area (Å²) >= 11 is 3.33. The molecular formula is C18H23BrFN. The van der Waals surface area contributed by atoms with Gasteiger partial charge in [-0.1, -0.05) is 28.4 Å². The van der Waals surface area contributed by atoms with E-state index in [1.54, 1.807) is 6.07 Å². The summed E-state index contributed by atoms with van der Waals surface area (Å²) in [5, 5.41) is 3.74. The summed E-state index contributed by atoms with van der Waals surface area (Å²) in [6.45, 7) is 2.10. The van der Waals surface area contributed by atoms with Gasteiger partial charge in [0.2, 0.25) is 0 Å². The number of fused-ring (bicyclic) bond motifs is 5. The zero-order chi connectivity index (χ0) is 14.6. The van der Waals surface area contributed by atoms with Crippen LogP contribution >= 0.6 is 15.9 Å². The van der Waals surface area contributed by atoms with Crippen LogP contribution in [0.5, 0.6) is 0 Å². The van der Waals surface area contributed by atoms with E-state index in [0.717, 1.165) is 33.7 Å². The highest BCUT2D eigenvalue weighted by atomic mass is 79.9. The Balaban J connectivity index is 1.47. The van der Waals surface area contributed by atoms with Crippen LogP contribution in [-0.4, -0.2) is 6.04 Å². The molecule has 0 radical (unpaired) electrons. The normalized spacial score (nSPS) is 38.7. The van der Waals surface area contributed by atoms with E-state index in [9.17, 15) is 4.39 Å². The van der Waals surface area contributed by atoms with Gasteiger partial charge in [-0.15, -0.1) is 0 Å². The Morgan fingerprint density at radius 3 is 2.81 bits per heavy atom. The fraction of sp³-hybridized carbons (Fsp3) is 0.667. The summed E-state index contributed by atoms with van der Waals surface area (Å²) in [6, 6.07) is 6.11. The molecule has 6 unspecified atom stereocenters. The lowest BCUT2D eigenvalue weighted by molar-refractivity contribution is 0.199. The summed E-state index contributed by atoms with van der Waals surface area (Å²) in [4.78, 5) is 0. The van der Waals surface area contributed by atoms with Crippen molar-refractivity contribution in [2.75, 3.05) is 0 Å². The van der Waals surface area contributed by atoms with Crippen LogP contribution in [0.1, 0.15) is 50.6 Å². The topological polar surface area (TPSA) is 12.0 Å². The average molecular weight is 352 g/mol. The van der Waals surface area contributed by atoms with E-state index < -0.39 is 0 Å². The summed E-state index contributed by atoms with van der Waals surface area (Å²) < 4.78 is 14.9. The minimum Gasteiger partial charge on any atom is -0.307 e. The number of rotatable bonds is 3. The number of nitrogens with one attached hydrogen (secondary N) is 1. The number of hydrogen-bond donors (Lipinski definition) is 1. The van der Waals surface area contributed by atoms with Gasteiger partial charge in [0.25, 0.3) is 0 Å². The van der Waals surface area contributed by atoms with Crippen LogP contribution < -0.4 is 5.32 Å². The van der Waals surface area contributed by atoms with Crippen LogP contribution in [0, 0.1) is 29.5 Å². The van der Waals surface area contributed by atoms with Gasteiger partial charge in [-0.3, -0.25) is 0 Å². The van der Waals surface area contributed by atoms with Crippen LogP contribution in [0.3, 0.4) is 0 Å². The first-order chi connectivity index (χ1) is 10.1. The number of hydrogen-bond acceptors (Lipinski definition) is 1. The zero-order valence-electron chi connectivity index (χ0n) is 12.5. The summed E-state index contributed by atoms with van der Waals surface area (Å²) in [7, 11) is 0. The SMILES string of the molecule is CC(NC1CC2CC1C1CCCC21)c1ccc(Br)cc1F. The van der Waals surface area contributed by atoms with E-state index in [2.05, 4.69) is 28.2 Å². The van der Waals surface area contributed by atoms with Gasteiger partial charge in [0.05, 0.1) is 0 Å². The highest BCUT2D eigenvalue weighted by Gasteiger charge is 2.53. The van der Waals surface area contributed by atoms with Crippen LogP contribution in [0.25, 0.3) is 0 Å². The molecule has 3 aliphatic carbocycles. The predicted molar refractivity (Wildman–Crippen MR) is 86.5 cm³/mol. The van der Waals surface area contributed by atoms with Crippen molar-refractivity contribution in [3.05, 3.63) is 34.1 Å². The van der Waals surface area contributed by atoms with Crippen molar-refractivity contribution < 1.29 is 4.39 Å². The molecule has 21 heavy (non-hydrogen) atoms. The zero-order valence-corrected chi connectivity index (χ0v) is 14.1. The van der Waals surface area contributed by atoms with Crippen molar-refractivity contribution in [1.29, 1.82) is 0 Å². The van der Waals surface area contributed by atoms with Gasteiger partial charge in [0, 0.05) is 22.1 Å². The van der Waals surface area contributed by atoms with Gasteiger partial charge >= 0.3 is 0 Å². The van der Waals surface area contributed by atoms with E-state index in [1.165, 1.54) is 32.1 Å². The third kappa shape index (κ3) is 2.37. The summed E-state index contributed by atoms with van der Waals surface area (Å²) in [5.74, 6) is 3.67. The van der Waals surface area contributed by atoms with Gasteiger partial charge in [-0.25, -0.2) is 4.39 Å². The third-order valence-corrected chi connectivity index (χ3v) is 6.82. The first kappa shape index (κ1) is 14.2. The van der Waals surface area contributed by atoms with Crippen molar-refractivity contribution in [2.24, 2.45) is 23.7 Å². The molecule has 1 N–H and O–H groups in total. The Morgan fingerprint density at radius 1 is 1.19 bits per heavy atom. The monoisotopic (exact) mass is 351 g/mol. The van der Waals surface area contributed by atoms with Crippen molar-refractivity contribution in [3.63, 3.8) is 0 Å². The molecule has 6 atom stereocenters. The molecule has 0 saturated heterocycles. The maximum absolute atomic E-state index is 14.1. The van der Waals surface area contributed by atoms with Gasteiger partial charge < -0.3 is 5.32 Å². The molecular weight excluding hydrogens is 329 g/mol. The predicted octanol–water partition coefficient (Wildman–Crippen LogP) is 5.06. The second-order valence-corrected chi connectivity index (χ2v) is 8.23. The quantitative estimate of drug-likeness (QED) is 0.801. The van der Waals surface area contributed by atoms with Crippen LogP contribution in [0.15, 0.2) is 22.7 Å². The molecule has 0 spiro atoms. The Kier molecular flexibility index (Phi) is 3.61. The van der Waals surface area contributed by atoms with Gasteiger partial charge in [-0.2, -0.15) is 0 Å². The van der Waals surface area contributed by atoms with E-state index >= 15 is 0 Å². The molecule has 1 nitrogen and oxygen atoms in total. The Labute approximate surface area is 134 Å². The minimum absolute atomic E-state index is 0.0994. The second kappa shape index (κ2) is 5.34. The molecule has 3 fully saturated rings. The molecule has 3 heteroatoms. The van der Waals surface area contributed by atoms with Crippen molar-refractivity contribution in [1.82, 2.24) is 5.32 Å². The lowest BCUT2D eigenvalue weighted by Crippen LogP contribution is -2.40. The van der Waals surface area contributed by atoms with Crippen LogP contribution in [0.4, 0.5) is 4.39 Å². The molecule has 4 rings (SSSR count). The van der Waals surface area contributed by atoms with E-state index in [4.69, 9.17) is 0 Å². The maximum Gasteiger partial charge on any atom is 0.129 e. The second-order valence-electron chi connectivity index (χ2n) is 7.31. The molecule has 0 heterocycles. The molecule has 0 aromatic heterocycles. The lowest BCUT2D eigenvalue weighted by Gasteiger charge is -2.34. The molecule has 114 valence electrons. The molecule has 1 aromatic carbocycles. The van der Waals surface area contributed by atoms with Crippen molar-refractivity contribution in [2.45, 2.75) is 51.1 Å². The largest absolute Gasteiger partial charge is 0.307 e. The molecule has 3 aliphatic rings. The fourth-order valence-corrected chi connectivity index (χ4v) is 5.86. The first-order valence-corrected chi connectivity index (χ1v) is 9.14. The summed E-state index contributed by atoms with van der Waals surface area (Å²) in [5.41, 5.74) is 0.795. The fourth-order valence-electron chi connectivity index (χ4n) is 5.52. The molecule has 2 bridgehead atoms. The molecule has 0 amide bonds. The highest BCUT2D eigenvalue weighted by Crippen LogP contribution is 2.58. The average Bonchev–Trinajstić information content (AvgIpc) is 3.09. The van der Waals surface area contributed by atoms with Gasteiger partial charge in [0.1, 0.15) is 5.82 Å². The molecule has 1 aromatic rings. The highest BCUT2D eigenvalue weighted by molar-refractivity contribution is 9.10. The first-order valence-electron chi connectivity index (χ1n) is 8.34. The standard InChI is InChI=1S/C18H23BrFN/c1-10(13-6-5-12(19)9-17(13)20)21-18-8-11-7-16(18)15-4-2-3-14(11)15/h5-6,9-11,14-16,18,21H,2-4,7-8H2,1H3. The van der Waals surface area contributed by atoms with Crippen molar-refractivity contribution >= 4 is 15.9 Å². The van der Waals surface area contributed by atoms with Gasteiger partial charge in [-0.05, 0) is 68.4 Å². The number of benzene rings is 1. The summed E-state index contributed by atoms with van der Waals surface area (Å²) in [6.07, 6.45) is 7.07. The van der Waals surface area contributed by atoms with Gasteiger partial charge in [0.15, 0.2) is 0 Å². The van der Waals surface area contributed by atoms with Crippen LogP contribution in [0.2, 0.25) is 0 Å². The van der Waals surface area contributed by atoms with E-state index in [-0.39, 0.29) is 11.9 Å². The Hall–Kier alpha value is -0.410. The van der Waals surface area contributed by atoms with Crippen molar-refractivity contribution in [3.8, 4) is 0 Å². The molecule has 3 saturated carbocycles. The Morgan fingerprint density at radius 2 is 2.00 bits per heavy atom. The Bertz CT molecular complexity index is 546. The van der Waals surface area contributed by atoms with E-state index in [1.807, 2.05) is 12.1 Å². The lowest BCUT2D eigenvalue weighted by atomic mass is 9.79. The minimum atomic E-state index is -0.105. The third-order valence-electron chi connectivity index (χ3n) is 6.32. The maximum atomic E-state index is 14.1. The van der Waals surface area contributed by atoms with E-state index in [0.29, 0.717) is 6.04 Å². The molecule has 0 aliphatic heterocycles. The smallest absolute Gasteiger partial charge is 0.129 e.